The average Bonchev–Trinajstić information content (AvgIpc) is 3.01. The number of hydrogen-bond acceptors (Lipinski definition) is 4. The summed E-state index contributed by atoms with van der Waals surface area (Å²) in [5, 5.41) is 2.15. The van der Waals surface area contributed by atoms with Gasteiger partial charge in [0.25, 0.3) is 0 Å². The molecule has 2 N–H and O–H groups in total. The zero-order chi connectivity index (χ0) is 15.8. The van der Waals surface area contributed by atoms with Crippen LogP contribution < -0.4 is 5.73 Å². The minimum atomic E-state index is 0.845. The van der Waals surface area contributed by atoms with Gasteiger partial charge in [-0.15, -0.1) is 11.3 Å². The van der Waals surface area contributed by atoms with Crippen LogP contribution in [0.5, 0.6) is 0 Å². The van der Waals surface area contributed by atoms with E-state index >= 15 is 0 Å². The van der Waals surface area contributed by atoms with Crippen LogP contribution in [-0.2, 0) is 13.1 Å². The van der Waals surface area contributed by atoms with Gasteiger partial charge in [0.1, 0.15) is 0 Å². The van der Waals surface area contributed by atoms with Crippen LogP contribution in [-0.4, -0.2) is 36.0 Å². The van der Waals surface area contributed by atoms with Crippen LogP contribution in [0.1, 0.15) is 24.3 Å². The zero-order valence-corrected chi connectivity index (χ0v) is 14.5. The zero-order valence-electron chi connectivity index (χ0n) is 13.7. The van der Waals surface area contributed by atoms with Crippen LogP contribution in [0.2, 0.25) is 0 Å². The highest BCUT2D eigenvalue weighted by Crippen LogP contribution is 2.15. The highest BCUT2D eigenvalue weighted by molar-refractivity contribution is 7.09. The van der Waals surface area contributed by atoms with Gasteiger partial charge in [0.15, 0.2) is 0 Å². The molecule has 0 aliphatic rings. The molecule has 0 saturated heterocycles. The molecule has 0 saturated carbocycles. The summed E-state index contributed by atoms with van der Waals surface area (Å²) in [5.41, 5.74) is 8.04. The molecule has 22 heavy (non-hydrogen) atoms. The quantitative estimate of drug-likeness (QED) is 0.716. The third-order valence-electron chi connectivity index (χ3n) is 3.94. The van der Waals surface area contributed by atoms with Crippen molar-refractivity contribution in [1.82, 2.24) is 9.80 Å². The molecule has 120 valence electrons. The molecule has 0 aliphatic carbocycles. The van der Waals surface area contributed by atoms with Crippen molar-refractivity contribution in [2.24, 2.45) is 0 Å². The van der Waals surface area contributed by atoms with Gasteiger partial charge in [-0.3, -0.25) is 4.90 Å². The normalized spacial score (nSPS) is 11.5. The van der Waals surface area contributed by atoms with Crippen LogP contribution >= 0.6 is 11.3 Å². The van der Waals surface area contributed by atoms with Crippen LogP contribution in [0, 0.1) is 0 Å². The van der Waals surface area contributed by atoms with Gasteiger partial charge in [0.2, 0.25) is 0 Å². The van der Waals surface area contributed by atoms with Crippen molar-refractivity contribution in [2.75, 3.05) is 31.9 Å². The van der Waals surface area contributed by atoms with Crippen molar-refractivity contribution >= 4 is 17.0 Å². The average molecular weight is 318 g/mol. The van der Waals surface area contributed by atoms with E-state index in [2.05, 4.69) is 53.3 Å². The Bertz CT molecular complexity index is 535. The Morgan fingerprint density at radius 3 is 2.36 bits per heavy atom. The third-order valence-corrected chi connectivity index (χ3v) is 4.80. The van der Waals surface area contributed by atoms with Gasteiger partial charge in [-0.2, -0.15) is 0 Å². The standard InChI is InChI=1S/C18H27N3S/c1-3-20(4-2)10-11-21(15-18-9-6-12-22-18)14-16-7-5-8-17(19)13-16/h5-9,12-13H,3-4,10-11,14-15,19H2,1-2H3. The molecule has 0 bridgehead atoms. The van der Waals surface area contributed by atoms with Gasteiger partial charge in [-0.25, -0.2) is 0 Å². The predicted molar refractivity (Wildman–Crippen MR) is 97.1 cm³/mol. The van der Waals surface area contributed by atoms with Gasteiger partial charge >= 0.3 is 0 Å². The first kappa shape index (κ1) is 17.0. The molecule has 0 amide bonds. The number of anilines is 1. The lowest BCUT2D eigenvalue weighted by molar-refractivity contribution is 0.203. The molecule has 4 heteroatoms. The predicted octanol–water partition coefficient (Wildman–Crippen LogP) is 3.67. The van der Waals surface area contributed by atoms with Crippen LogP contribution in [0.15, 0.2) is 41.8 Å². The fourth-order valence-electron chi connectivity index (χ4n) is 2.61. The molecule has 0 aliphatic heterocycles. The molecule has 0 radical (unpaired) electrons. The summed E-state index contributed by atoms with van der Waals surface area (Å²) in [6.07, 6.45) is 0. The summed E-state index contributed by atoms with van der Waals surface area (Å²) < 4.78 is 0. The fraction of sp³-hybridized carbons (Fsp3) is 0.444. The Morgan fingerprint density at radius 2 is 1.73 bits per heavy atom. The van der Waals surface area contributed by atoms with E-state index in [-0.39, 0.29) is 0 Å². The second-order valence-corrected chi connectivity index (χ2v) is 6.59. The van der Waals surface area contributed by atoms with Crippen molar-refractivity contribution in [3.8, 4) is 0 Å². The summed E-state index contributed by atoms with van der Waals surface area (Å²) >= 11 is 1.83. The van der Waals surface area contributed by atoms with Crippen molar-refractivity contribution in [3.05, 3.63) is 52.2 Å². The highest BCUT2D eigenvalue weighted by Gasteiger charge is 2.10. The van der Waals surface area contributed by atoms with Gasteiger partial charge in [-0.1, -0.05) is 32.0 Å². The highest BCUT2D eigenvalue weighted by atomic mass is 32.1. The minimum Gasteiger partial charge on any atom is -0.399 e. The van der Waals surface area contributed by atoms with E-state index in [9.17, 15) is 0 Å². The Hall–Kier alpha value is -1.36. The van der Waals surface area contributed by atoms with Gasteiger partial charge < -0.3 is 10.6 Å². The van der Waals surface area contributed by atoms with E-state index in [1.54, 1.807) is 0 Å². The number of benzene rings is 1. The maximum atomic E-state index is 5.91. The van der Waals surface area contributed by atoms with Crippen molar-refractivity contribution in [1.29, 1.82) is 0 Å². The molecular weight excluding hydrogens is 290 g/mol. The topological polar surface area (TPSA) is 32.5 Å². The fourth-order valence-corrected chi connectivity index (χ4v) is 3.36. The number of likely N-dealkylation sites (N-methyl/N-ethyl adjacent to an activating group) is 1. The molecule has 0 spiro atoms. The molecule has 1 aromatic carbocycles. The molecule has 2 aromatic rings. The lowest BCUT2D eigenvalue weighted by Crippen LogP contribution is -2.34. The molecule has 0 atom stereocenters. The molecule has 2 rings (SSSR count). The Balaban J connectivity index is 2.00. The molecule has 0 fully saturated rings. The molecule has 1 aromatic heterocycles. The summed E-state index contributed by atoms with van der Waals surface area (Å²) in [7, 11) is 0. The van der Waals surface area contributed by atoms with Crippen LogP contribution in [0.25, 0.3) is 0 Å². The van der Waals surface area contributed by atoms with Gasteiger partial charge in [-0.05, 0) is 42.2 Å². The largest absolute Gasteiger partial charge is 0.399 e. The second kappa shape index (κ2) is 8.93. The number of nitrogens with two attached hydrogens (primary N) is 1. The minimum absolute atomic E-state index is 0.845. The molecule has 0 unspecified atom stereocenters. The van der Waals surface area contributed by atoms with Gasteiger partial charge in [0, 0.05) is 36.7 Å². The summed E-state index contributed by atoms with van der Waals surface area (Å²) in [4.78, 5) is 6.41. The van der Waals surface area contributed by atoms with Crippen LogP contribution in [0.4, 0.5) is 5.69 Å². The first-order valence-electron chi connectivity index (χ1n) is 8.02. The lowest BCUT2D eigenvalue weighted by Gasteiger charge is -2.26. The SMILES string of the molecule is CCN(CC)CCN(Cc1cccc(N)c1)Cc1cccs1. The Morgan fingerprint density at radius 1 is 0.955 bits per heavy atom. The van der Waals surface area contributed by atoms with E-state index in [1.807, 2.05) is 23.5 Å². The molecule has 1 heterocycles. The maximum Gasteiger partial charge on any atom is 0.0331 e. The monoisotopic (exact) mass is 317 g/mol. The van der Waals surface area contributed by atoms with Crippen molar-refractivity contribution < 1.29 is 0 Å². The lowest BCUT2D eigenvalue weighted by atomic mass is 10.2. The second-order valence-electron chi connectivity index (χ2n) is 5.56. The Kier molecular flexibility index (Phi) is 6.90. The van der Waals surface area contributed by atoms with Crippen molar-refractivity contribution in [2.45, 2.75) is 26.9 Å². The number of nitrogens with zero attached hydrogens (tertiary/aromatic N) is 2. The van der Waals surface area contributed by atoms with Crippen LogP contribution in [0.3, 0.4) is 0 Å². The molecule has 3 nitrogen and oxygen atoms in total. The third kappa shape index (κ3) is 5.44. The number of hydrogen-bond donors (Lipinski definition) is 1. The van der Waals surface area contributed by atoms with Crippen molar-refractivity contribution in [3.63, 3.8) is 0 Å². The van der Waals surface area contributed by atoms with Gasteiger partial charge in [0.05, 0.1) is 0 Å². The first-order chi connectivity index (χ1) is 10.7. The van der Waals surface area contributed by atoms with E-state index in [4.69, 9.17) is 5.73 Å². The van der Waals surface area contributed by atoms with E-state index in [0.717, 1.165) is 45.0 Å². The smallest absolute Gasteiger partial charge is 0.0331 e. The molecular formula is C18H27N3S. The first-order valence-corrected chi connectivity index (χ1v) is 8.90. The number of nitrogen functional groups attached to an aromatic ring is 1. The van der Waals surface area contributed by atoms with E-state index in [1.165, 1.54) is 10.4 Å². The maximum absolute atomic E-state index is 5.91. The summed E-state index contributed by atoms with van der Waals surface area (Å²) in [6.45, 7) is 10.8. The Labute approximate surface area is 138 Å². The number of thiophene rings is 1. The number of rotatable bonds is 9. The van der Waals surface area contributed by atoms with E-state index in [0.29, 0.717) is 0 Å². The van der Waals surface area contributed by atoms with E-state index < -0.39 is 0 Å². The summed E-state index contributed by atoms with van der Waals surface area (Å²) in [6, 6.07) is 12.6. The summed E-state index contributed by atoms with van der Waals surface area (Å²) in [5.74, 6) is 0.